The third-order valence-electron chi connectivity index (χ3n) is 4.41. The van der Waals surface area contributed by atoms with Crippen LogP contribution in [-0.2, 0) is 9.53 Å². The molecule has 2 aromatic rings. The van der Waals surface area contributed by atoms with Crippen LogP contribution in [0.2, 0.25) is 0 Å². The number of benzene rings is 2. The minimum absolute atomic E-state index is 0.222. The summed E-state index contributed by atoms with van der Waals surface area (Å²) in [6.07, 6.45) is 0.314. The van der Waals surface area contributed by atoms with Crippen molar-refractivity contribution in [2.24, 2.45) is 0 Å². The van der Waals surface area contributed by atoms with E-state index in [0.29, 0.717) is 23.8 Å². The van der Waals surface area contributed by atoms with Crippen molar-refractivity contribution in [2.45, 2.75) is 46.1 Å². The van der Waals surface area contributed by atoms with Crippen molar-refractivity contribution in [1.29, 1.82) is 0 Å². The summed E-state index contributed by atoms with van der Waals surface area (Å²) < 4.78 is 10.7. The number of esters is 1. The number of anilines is 1. The fourth-order valence-corrected chi connectivity index (χ4v) is 2.64. The average Bonchev–Trinajstić information content (AvgIpc) is 2.68. The van der Waals surface area contributed by atoms with E-state index in [2.05, 4.69) is 19.2 Å². The predicted octanol–water partition coefficient (Wildman–Crippen LogP) is 4.78. The predicted molar refractivity (Wildman–Crippen MR) is 106 cm³/mol. The molecule has 0 aromatic heterocycles. The van der Waals surface area contributed by atoms with Crippen LogP contribution in [0.1, 0.15) is 56.0 Å². The lowest BCUT2D eigenvalue weighted by Crippen LogP contribution is -2.30. The molecule has 1 amide bonds. The molecule has 1 N–H and O–H groups in total. The van der Waals surface area contributed by atoms with E-state index in [1.165, 1.54) is 0 Å². The first kappa shape index (κ1) is 20.5. The topological polar surface area (TPSA) is 64.6 Å². The SMILES string of the molecule is CCOC(=O)c1ccc(O[C@H](C)C(=O)Nc2ccccc2[C@H](C)CC)cc1. The number of rotatable bonds is 8. The summed E-state index contributed by atoms with van der Waals surface area (Å²) in [5.74, 6) is 0.269. The summed E-state index contributed by atoms with van der Waals surface area (Å²) in [4.78, 5) is 24.2. The van der Waals surface area contributed by atoms with Gasteiger partial charge in [-0.3, -0.25) is 4.79 Å². The lowest BCUT2D eigenvalue weighted by molar-refractivity contribution is -0.122. The van der Waals surface area contributed by atoms with Crippen LogP contribution in [-0.4, -0.2) is 24.6 Å². The maximum Gasteiger partial charge on any atom is 0.338 e. The highest BCUT2D eigenvalue weighted by molar-refractivity contribution is 5.95. The molecule has 0 bridgehead atoms. The standard InChI is InChI=1S/C22H27NO4/c1-5-15(3)19-9-7-8-10-20(19)23-21(24)16(4)27-18-13-11-17(12-14-18)22(25)26-6-2/h7-16H,5-6H2,1-4H3,(H,23,24)/t15-,16-/m1/s1. The molecule has 0 saturated carbocycles. The van der Waals surface area contributed by atoms with Gasteiger partial charge in [-0.1, -0.05) is 32.0 Å². The number of ether oxygens (including phenoxy) is 2. The Morgan fingerprint density at radius 2 is 1.67 bits per heavy atom. The molecule has 0 aliphatic rings. The van der Waals surface area contributed by atoms with E-state index in [0.717, 1.165) is 17.7 Å². The molecule has 0 fully saturated rings. The van der Waals surface area contributed by atoms with Gasteiger partial charge in [-0.05, 0) is 62.1 Å². The summed E-state index contributed by atoms with van der Waals surface area (Å²) in [7, 11) is 0. The minimum atomic E-state index is -0.677. The summed E-state index contributed by atoms with van der Waals surface area (Å²) in [6.45, 7) is 8.03. The Morgan fingerprint density at radius 1 is 1.00 bits per heavy atom. The van der Waals surface area contributed by atoms with Gasteiger partial charge >= 0.3 is 5.97 Å². The van der Waals surface area contributed by atoms with E-state index in [1.54, 1.807) is 38.1 Å². The Bertz CT molecular complexity index is 770. The quantitative estimate of drug-likeness (QED) is 0.680. The molecular weight excluding hydrogens is 342 g/mol. The lowest BCUT2D eigenvalue weighted by atomic mass is 9.97. The number of hydrogen-bond donors (Lipinski definition) is 1. The number of carbonyl (C=O) groups is 2. The molecule has 0 radical (unpaired) electrons. The third-order valence-corrected chi connectivity index (χ3v) is 4.41. The van der Waals surface area contributed by atoms with Crippen molar-refractivity contribution in [3.63, 3.8) is 0 Å². The molecule has 5 nitrogen and oxygen atoms in total. The van der Waals surface area contributed by atoms with Crippen molar-refractivity contribution in [3.8, 4) is 5.75 Å². The van der Waals surface area contributed by atoms with Crippen LogP contribution in [0, 0.1) is 0 Å². The van der Waals surface area contributed by atoms with Gasteiger partial charge in [-0.25, -0.2) is 4.79 Å². The molecule has 0 unspecified atom stereocenters. The summed E-state index contributed by atoms with van der Waals surface area (Å²) in [5, 5.41) is 2.95. The monoisotopic (exact) mass is 369 g/mol. The summed E-state index contributed by atoms with van der Waals surface area (Å²) >= 11 is 0. The van der Waals surface area contributed by atoms with Crippen LogP contribution < -0.4 is 10.1 Å². The Balaban J connectivity index is 2.01. The van der Waals surface area contributed by atoms with Crippen LogP contribution in [0.15, 0.2) is 48.5 Å². The third kappa shape index (κ3) is 5.58. The van der Waals surface area contributed by atoms with Gasteiger partial charge in [-0.15, -0.1) is 0 Å². The molecule has 0 aliphatic heterocycles. The summed E-state index contributed by atoms with van der Waals surface area (Å²) in [5.41, 5.74) is 2.37. The average molecular weight is 369 g/mol. The first-order chi connectivity index (χ1) is 13.0. The number of hydrogen-bond acceptors (Lipinski definition) is 4. The zero-order chi connectivity index (χ0) is 19.8. The maximum absolute atomic E-state index is 12.5. The Hall–Kier alpha value is -2.82. The molecule has 0 aliphatic carbocycles. The normalized spacial score (nSPS) is 12.7. The van der Waals surface area contributed by atoms with Crippen molar-refractivity contribution in [2.75, 3.05) is 11.9 Å². The highest BCUT2D eigenvalue weighted by Crippen LogP contribution is 2.26. The highest BCUT2D eigenvalue weighted by atomic mass is 16.5. The number of carbonyl (C=O) groups excluding carboxylic acids is 2. The van der Waals surface area contributed by atoms with E-state index in [1.807, 2.05) is 24.3 Å². The van der Waals surface area contributed by atoms with Crippen molar-refractivity contribution >= 4 is 17.6 Å². The van der Waals surface area contributed by atoms with Gasteiger partial charge in [0.2, 0.25) is 0 Å². The van der Waals surface area contributed by atoms with E-state index in [-0.39, 0.29) is 11.9 Å². The second-order valence-electron chi connectivity index (χ2n) is 6.39. The second-order valence-corrected chi connectivity index (χ2v) is 6.39. The van der Waals surface area contributed by atoms with Crippen LogP contribution in [0.4, 0.5) is 5.69 Å². The van der Waals surface area contributed by atoms with Crippen molar-refractivity contribution < 1.29 is 19.1 Å². The molecule has 2 atom stereocenters. The highest BCUT2D eigenvalue weighted by Gasteiger charge is 2.18. The zero-order valence-electron chi connectivity index (χ0n) is 16.3. The molecule has 2 aromatic carbocycles. The molecule has 5 heteroatoms. The van der Waals surface area contributed by atoms with Crippen LogP contribution in [0.3, 0.4) is 0 Å². The van der Waals surface area contributed by atoms with E-state index in [9.17, 15) is 9.59 Å². The van der Waals surface area contributed by atoms with Crippen LogP contribution in [0.25, 0.3) is 0 Å². The van der Waals surface area contributed by atoms with Gasteiger partial charge in [0.25, 0.3) is 5.91 Å². The first-order valence-corrected chi connectivity index (χ1v) is 9.29. The van der Waals surface area contributed by atoms with Crippen LogP contribution >= 0.6 is 0 Å². The molecule has 144 valence electrons. The Morgan fingerprint density at radius 3 is 2.30 bits per heavy atom. The number of para-hydroxylation sites is 1. The Labute approximate surface area is 160 Å². The van der Waals surface area contributed by atoms with Gasteiger partial charge in [-0.2, -0.15) is 0 Å². The molecule has 0 heterocycles. The molecular formula is C22H27NO4. The number of nitrogens with one attached hydrogen (secondary N) is 1. The van der Waals surface area contributed by atoms with E-state index in [4.69, 9.17) is 9.47 Å². The van der Waals surface area contributed by atoms with E-state index >= 15 is 0 Å². The van der Waals surface area contributed by atoms with Crippen LogP contribution in [0.5, 0.6) is 5.75 Å². The molecule has 27 heavy (non-hydrogen) atoms. The molecule has 0 spiro atoms. The summed E-state index contributed by atoms with van der Waals surface area (Å²) in [6, 6.07) is 14.4. The molecule has 0 saturated heterocycles. The lowest BCUT2D eigenvalue weighted by Gasteiger charge is -2.18. The Kier molecular flexibility index (Phi) is 7.41. The smallest absolute Gasteiger partial charge is 0.338 e. The zero-order valence-corrected chi connectivity index (χ0v) is 16.3. The van der Waals surface area contributed by atoms with Gasteiger partial charge in [0.15, 0.2) is 6.10 Å². The first-order valence-electron chi connectivity index (χ1n) is 9.29. The second kappa shape index (κ2) is 9.76. The van der Waals surface area contributed by atoms with Gasteiger partial charge in [0, 0.05) is 5.69 Å². The van der Waals surface area contributed by atoms with Gasteiger partial charge < -0.3 is 14.8 Å². The minimum Gasteiger partial charge on any atom is -0.481 e. The molecule has 2 rings (SSSR count). The maximum atomic E-state index is 12.5. The van der Waals surface area contributed by atoms with Gasteiger partial charge in [0.05, 0.1) is 12.2 Å². The number of amides is 1. The fraction of sp³-hybridized carbons (Fsp3) is 0.364. The van der Waals surface area contributed by atoms with Gasteiger partial charge in [0.1, 0.15) is 5.75 Å². The van der Waals surface area contributed by atoms with Crippen molar-refractivity contribution in [1.82, 2.24) is 0 Å². The van der Waals surface area contributed by atoms with Crippen molar-refractivity contribution in [3.05, 3.63) is 59.7 Å². The van der Waals surface area contributed by atoms with E-state index < -0.39 is 6.10 Å². The largest absolute Gasteiger partial charge is 0.481 e. The fourth-order valence-electron chi connectivity index (χ4n) is 2.64.